The number of hydrogen-bond donors (Lipinski definition) is 1. The minimum Gasteiger partial charge on any atom is -0.490 e. The topological polar surface area (TPSA) is 42.4 Å². The van der Waals surface area contributed by atoms with E-state index in [-0.39, 0.29) is 6.10 Å². The van der Waals surface area contributed by atoms with E-state index in [1.807, 2.05) is 25.3 Å². The van der Waals surface area contributed by atoms with Gasteiger partial charge in [0.2, 0.25) is 0 Å². The molecule has 0 saturated heterocycles. The van der Waals surface area contributed by atoms with Crippen LogP contribution in [-0.2, 0) is 0 Å². The van der Waals surface area contributed by atoms with E-state index in [0.29, 0.717) is 6.61 Å². The number of rotatable bonds is 10. The zero-order valence-electron chi connectivity index (χ0n) is 17.5. The Hall–Kier alpha value is -3.17. The second-order valence-electron chi connectivity index (χ2n) is 7.36. The van der Waals surface area contributed by atoms with Crippen LogP contribution in [0.2, 0.25) is 0 Å². The predicted octanol–water partition coefficient (Wildman–Crippen LogP) is 6.54. The molecule has 0 aliphatic rings. The van der Waals surface area contributed by atoms with Crippen molar-refractivity contribution in [2.24, 2.45) is 0 Å². The molecular weight excluding hydrogens is 370 g/mol. The van der Waals surface area contributed by atoms with Crippen LogP contribution in [0.15, 0.2) is 85.6 Å². The number of ether oxygens (including phenoxy) is 1. The number of allylic oxidation sites excluding steroid dienone is 1. The summed E-state index contributed by atoms with van der Waals surface area (Å²) in [6.45, 7) is 6.00. The summed E-state index contributed by atoms with van der Waals surface area (Å²) in [6, 6.07) is 20.7. The monoisotopic (exact) mass is 399 g/mol. The molecule has 3 nitrogen and oxygen atoms in total. The second-order valence-corrected chi connectivity index (χ2v) is 7.36. The number of aliphatic hydroxyl groups is 1. The molecule has 1 unspecified atom stereocenters. The highest BCUT2D eigenvalue weighted by Crippen LogP contribution is 2.25. The van der Waals surface area contributed by atoms with Gasteiger partial charge < -0.3 is 9.84 Å². The van der Waals surface area contributed by atoms with E-state index in [1.165, 1.54) is 0 Å². The molecule has 0 fully saturated rings. The van der Waals surface area contributed by atoms with Gasteiger partial charge in [0.1, 0.15) is 12.4 Å². The number of hydrogen-bond acceptors (Lipinski definition) is 3. The Kier molecular flexibility index (Phi) is 7.99. The number of unbranched alkanes of at least 4 members (excludes halogenated alkanes) is 1. The lowest BCUT2D eigenvalue weighted by atomic mass is 10.0. The second kappa shape index (κ2) is 11.1. The van der Waals surface area contributed by atoms with Gasteiger partial charge in [-0.3, -0.25) is 4.98 Å². The summed E-state index contributed by atoms with van der Waals surface area (Å²) in [5.74, 6) is 0.844. The van der Waals surface area contributed by atoms with Crippen LogP contribution in [-0.4, -0.2) is 22.8 Å². The van der Waals surface area contributed by atoms with Crippen LogP contribution in [0.4, 0.5) is 0 Å². The quantitative estimate of drug-likeness (QED) is 0.311. The average molecular weight is 400 g/mol. The van der Waals surface area contributed by atoms with E-state index < -0.39 is 0 Å². The van der Waals surface area contributed by atoms with Crippen LogP contribution in [0.3, 0.4) is 0 Å². The lowest BCUT2D eigenvalue weighted by Gasteiger charge is -2.07. The van der Waals surface area contributed by atoms with Crippen molar-refractivity contribution in [3.8, 4) is 28.1 Å². The first-order chi connectivity index (χ1) is 14.7. The van der Waals surface area contributed by atoms with Gasteiger partial charge in [0.05, 0.1) is 11.8 Å². The van der Waals surface area contributed by atoms with Crippen LogP contribution in [0, 0.1) is 0 Å². The lowest BCUT2D eigenvalue weighted by Crippen LogP contribution is -1.97. The van der Waals surface area contributed by atoms with Crippen molar-refractivity contribution in [2.75, 3.05) is 6.61 Å². The lowest BCUT2D eigenvalue weighted by molar-refractivity contribution is 0.182. The molecule has 1 aromatic heterocycles. The van der Waals surface area contributed by atoms with E-state index >= 15 is 0 Å². The Morgan fingerprint density at radius 3 is 2.23 bits per heavy atom. The molecule has 3 aromatic rings. The minimum atomic E-state index is -0.221. The zero-order chi connectivity index (χ0) is 21.2. The maximum atomic E-state index is 9.29. The van der Waals surface area contributed by atoms with Crippen LogP contribution >= 0.6 is 0 Å². The molecule has 2 aromatic carbocycles. The molecule has 1 N–H and O–H groups in total. The molecule has 0 radical (unpaired) electrons. The third-order valence-corrected chi connectivity index (χ3v) is 4.83. The summed E-state index contributed by atoms with van der Waals surface area (Å²) >= 11 is 0. The third kappa shape index (κ3) is 6.43. The van der Waals surface area contributed by atoms with Crippen LogP contribution < -0.4 is 4.74 Å². The standard InChI is InChI=1S/C27H29NO2/c1-3-19-30-26-16-14-24(15-17-26)23-10-12-25(13-11-23)27-18-9-22(20-28-27)8-6-4-5-7-21(2)29/h3,6,8-18,20-21,29H,1,4-5,7,19H2,2H3. The maximum Gasteiger partial charge on any atom is 0.119 e. The molecule has 0 spiro atoms. The smallest absolute Gasteiger partial charge is 0.119 e. The van der Waals surface area contributed by atoms with Gasteiger partial charge in [-0.15, -0.1) is 0 Å². The molecule has 0 saturated carbocycles. The Balaban J connectivity index is 1.60. The largest absolute Gasteiger partial charge is 0.490 e. The molecule has 0 aliphatic heterocycles. The summed E-state index contributed by atoms with van der Waals surface area (Å²) in [6.07, 6.45) is 10.4. The normalized spacial score (nSPS) is 12.1. The Morgan fingerprint density at radius 1 is 0.967 bits per heavy atom. The molecule has 0 amide bonds. The first-order valence-corrected chi connectivity index (χ1v) is 10.4. The predicted molar refractivity (Wildman–Crippen MR) is 125 cm³/mol. The fraction of sp³-hybridized carbons (Fsp3) is 0.222. The molecule has 0 bridgehead atoms. The molecule has 3 heteroatoms. The first kappa shape index (κ1) is 21.5. The van der Waals surface area contributed by atoms with Crippen molar-refractivity contribution in [3.05, 3.63) is 91.2 Å². The van der Waals surface area contributed by atoms with Gasteiger partial charge in [0.15, 0.2) is 0 Å². The number of nitrogens with zero attached hydrogens (tertiary/aromatic N) is 1. The van der Waals surface area contributed by atoms with Crippen LogP contribution in [0.1, 0.15) is 31.7 Å². The van der Waals surface area contributed by atoms with Gasteiger partial charge in [-0.05, 0) is 61.1 Å². The molecule has 30 heavy (non-hydrogen) atoms. The molecule has 154 valence electrons. The Bertz CT molecular complexity index is 940. The average Bonchev–Trinajstić information content (AvgIpc) is 2.78. The van der Waals surface area contributed by atoms with E-state index in [1.54, 1.807) is 6.08 Å². The molecular formula is C27H29NO2. The van der Waals surface area contributed by atoms with Crippen molar-refractivity contribution < 1.29 is 9.84 Å². The summed E-state index contributed by atoms with van der Waals surface area (Å²) < 4.78 is 5.54. The maximum absolute atomic E-state index is 9.29. The highest BCUT2D eigenvalue weighted by atomic mass is 16.5. The third-order valence-electron chi connectivity index (χ3n) is 4.83. The highest BCUT2D eigenvalue weighted by Gasteiger charge is 2.02. The minimum absolute atomic E-state index is 0.221. The molecule has 1 heterocycles. The fourth-order valence-corrected chi connectivity index (χ4v) is 3.16. The Labute approximate surface area is 179 Å². The van der Waals surface area contributed by atoms with E-state index in [9.17, 15) is 5.11 Å². The van der Waals surface area contributed by atoms with Gasteiger partial charge >= 0.3 is 0 Å². The Morgan fingerprint density at radius 2 is 1.63 bits per heavy atom. The summed E-state index contributed by atoms with van der Waals surface area (Å²) in [7, 11) is 0. The van der Waals surface area contributed by atoms with Crippen molar-refractivity contribution in [1.82, 2.24) is 4.98 Å². The van der Waals surface area contributed by atoms with Gasteiger partial charge in [-0.1, -0.05) is 67.3 Å². The fourth-order valence-electron chi connectivity index (χ4n) is 3.16. The summed E-state index contributed by atoms with van der Waals surface area (Å²) in [5, 5.41) is 9.29. The van der Waals surface area contributed by atoms with E-state index in [2.05, 4.69) is 72.2 Å². The van der Waals surface area contributed by atoms with Gasteiger partial charge in [0.25, 0.3) is 0 Å². The first-order valence-electron chi connectivity index (χ1n) is 10.4. The number of aromatic nitrogens is 1. The number of pyridine rings is 1. The SMILES string of the molecule is C=CCOc1ccc(-c2ccc(-c3ccc(C=CCCCC(C)O)cn3)cc2)cc1. The van der Waals surface area contributed by atoms with Crippen LogP contribution in [0.5, 0.6) is 5.75 Å². The number of aliphatic hydroxyl groups excluding tert-OH is 1. The van der Waals surface area contributed by atoms with Crippen molar-refractivity contribution >= 4 is 6.08 Å². The van der Waals surface area contributed by atoms with Gasteiger partial charge in [-0.2, -0.15) is 0 Å². The van der Waals surface area contributed by atoms with Gasteiger partial charge in [0, 0.05) is 11.8 Å². The molecule has 0 aliphatic carbocycles. The molecule has 3 rings (SSSR count). The van der Waals surface area contributed by atoms with E-state index in [4.69, 9.17) is 4.74 Å². The molecule has 1 atom stereocenters. The van der Waals surface area contributed by atoms with E-state index in [0.717, 1.165) is 53.0 Å². The number of benzene rings is 2. The van der Waals surface area contributed by atoms with Crippen molar-refractivity contribution in [3.63, 3.8) is 0 Å². The zero-order valence-corrected chi connectivity index (χ0v) is 17.5. The highest BCUT2D eigenvalue weighted by molar-refractivity contribution is 5.69. The van der Waals surface area contributed by atoms with Crippen molar-refractivity contribution in [2.45, 2.75) is 32.3 Å². The van der Waals surface area contributed by atoms with Gasteiger partial charge in [-0.25, -0.2) is 0 Å². The summed E-state index contributed by atoms with van der Waals surface area (Å²) in [5.41, 5.74) is 5.45. The van der Waals surface area contributed by atoms with Crippen LogP contribution in [0.25, 0.3) is 28.5 Å². The van der Waals surface area contributed by atoms with Crippen molar-refractivity contribution in [1.29, 1.82) is 0 Å². The summed E-state index contributed by atoms with van der Waals surface area (Å²) in [4.78, 5) is 4.60.